The lowest BCUT2D eigenvalue weighted by Gasteiger charge is -2.41. The highest BCUT2D eigenvalue weighted by Crippen LogP contribution is 2.31. The van der Waals surface area contributed by atoms with E-state index in [9.17, 15) is 9.50 Å². The first kappa shape index (κ1) is 13.3. The SMILES string of the molecule is CC1CN(C)CCN1c1cccc(F)c1[C@H](C)O. The van der Waals surface area contributed by atoms with Crippen LogP contribution in [-0.2, 0) is 0 Å². The summed E-state index contributed by atoms with van der Waals surface area (Å²) in [6.07, 6.45) is -0.784. The molecule has 2 rings (SSSR count). The Hall–Kier alpha value is -1.13. The van der Waals surface area contributed by atoms with E-state index in [0.717, 1.165) is 25.3 Å². The van der Waals surface area contributed by atoms with E-state index >= 15 is 0 Å². The molecule has 0 aliphatic carbocycles. The van der Waals surface area contributed by atoms with Crippen LogP contribution in [0, 0.1) is 5.82 Å². The molecule has 1 saturated heterocycles. The standard InChI is InChI=1S/C14H21FN2O/c1-10-9-16(3)7-8-17(10)13-6-4-5-12(15)14(13)11(2)18/h4-6,10-11,18H,7-9H2,1-3H3/t10?,11-/m0/s1. The second-order valence-corrected chi connectivity index (χ2v) is 5.15. The van der Waals surface area contributed by atoms with E-state index in [-0.39, 0.29) is 5.82 Å². The Balaban J connectivity index is 2.36. The van der Waals surface area contributed by atoms with Crippen molar-refractivity contribution in [1.29, 1.82) is 0 Å². The zero-order chi connectivity index (χ0) is 13.3. The Morgan fingerprint density at radius 2 is 2.11 bits per heavy atom. The molecule has 1 aromatic rings. The van der Waals surface area contributed by atoms with Gasteiger partial charge < -0.3 is 14.9 Å². The molecule has 1 heterocycles. The molecule has 0 radical (unpaired) electrons. The van der Waals surface area contributed by atoms with E-state index in [2.05, 4.69) is 23.8 Å². The second-order valence-electron chi connectivity index (χ2n) is 5.15. The van der Waals surface area contributed by atoms with Crippen molar-refractivity contribution in [3.63, 3.8) is 0 Å². The van der Waals surface area contributed by atoms with Gasteiger partial charge in [0.2, 0.25) is 0 Å². The average molecular weight is 252 g/mol. The molecule has 0 bridgehead atoms. The first-order chi connectivity index (χ1) is 8.50. The summed E-state index contributed by atoms with van der Waals surface area (Å²) in [5.41, 5.74) is 1.24. The Kier molecular flexibility index (Phi) is 3.88. The molecule has 18 heavy (non-hydrogen) atoms. The number of halogens is 1. The first-order valence-corrected chi connectivity index (χ1v) is 6.42. The van der Waals surface area contributed by atoms with Gasteiger partial charge in [-0.25, -0.2) is 4.39 Å². The van der Waals surface area contributed by atoms with Gasteiger partial charge in [0.1, 0.15) is 5.82 Å². The third-order valence-electron chi connectivity index (χ3n) is 3.59. The van der Waals surface area contributed by atoms with Crippen LogP contribution in [0.3, 0.4) is 0 Å². The quantitative estimate of drug-likeness (QED) is 0.872. The highest BCUT2D eigenvalue weighted by Gasteiger charge is 2.25. The van der Waals surface area contributed by atoms with E-state index in [1.54, 1.807) is 13.0 Å². The fourth-order valence-corrected chi connectivity index (χ4v) is 2.69. The fourth-order valence-electron chi connectivity index (χ4n) is 2.69. The maximum absolute atomic E-state index is 13.9. The average Bonchev–Trinajstić information content (AvgIpc) is 2.28. The molecule has 1 fully saturated rings. The number of aliphatic hydroxyl groups is 1. The fraction of sp³-hybridized carbons (Fsp3) is 0.571. The van der Waals surface area contributed by atoms with E-state index in [0.29, 0.717) is 11.6 Å². The molecule has 1 aromatic carbocycles. The molecule has 1 unspecified atom stereocenters. The summed E-state index contributed by atoms with van der Waals surface area (Å²) in [6, 6.07) is 5.34. The molecular formula is C14H21FN2O. The van der Waals surface area contributed by atoms with Gasteiger partial charge in [-0.15, -0.1) is 0 Å². The van der Waals surface area contributed by atoms with Crippen LogP contribution in [-0.4, -0.2) is 42.7 Å². The third kappa shape index (κ3) is 2.49. The number of nitrogens with zero attached hydrogens (tertiary/aromatic N) is 2. The molecule has 4 heteroatoms. The zero-order valence-electron chi connectivity index (χ0n) is 11.2. The van der Waals surface area contributed by atoms with Gasteiger partial charge in [0, 0.05) is 36.9 Å². The second kappa shape index (κ2) is 5.24. The molecule has 0 amide bonds. The Morgan fingerprint density at radius 1 is 1.39 bits per heavy atom. The summed E-state index contributed by atoms with van der Waals surface area (Å²) in [6.45, 7) is 6.52. The predicted octanol–water partition coefficient (Wildman–Crippen LogP) is 2.02. The van der Waals surface area contributed by atoms with Crippen molar-refractivity contribution in [3.05, 3.63) is 29.6 Å². The summed E-state index contributed by atoms with van der Waals surface area (Å²) < 4.78 is 13.9. The molecule has 0 aromatic heterocycles. The van der Waals surface area contributed by atoms with Crippen LogP contribution in [0.15, 0.2) is 18.2 Å². The van der Waals surface area contributed by atoms with Crippen LogP contribution in [0.4, 0.5) is 10.1 Å². The van der Waals surface area contributed by atoms with Crippen molar-refractivity contribution in [2.45, 2.75) is 26.0 Å². The van der Waals surface area contributed by atoms with E-state index < -0.39 is 6.10 Å². The molecule has 3 nitrogen and oxygen atoms in total. The minimum Gasteiger partial charge on any atom is -0.389 e. The predicted molar refractivity (Wildman–Crippen MR) is 71.3 cm³/mol. The minimum atomic E-state index is -0.784. The maximum atomic E-state index is 13.9. The van der Waals surface area contributed by atoms with Gasteiger partial charge in [0.25, 0.3) is 0 Å². The van der Waals surface area contributed by atoms with Gasteiger partial charge in [0.05, 0.1) is 6.10 Å². The van der Waals surface area contributed by atoms with Crippen LogP contribution in [0.5, 0.6) is 0 Å². The van der Waals surface area contributed by atoms with Gasteiger partial charge >= 0.3 is 0 Å². The molecule has 100 valence electrons. The smallest absolute Gasteiger partial charge is 0.131 e. The molecule has 1 aliphatic rings. The number of hydrogen-bond acceptors (Lipinski definition) is 3. The van der Waals surface area contributed by atoms with Crippen molar-refractivity contribution in [1.82, 2.24) is 4.90 Å². The lowest BCUT2D eigenvalue weighted by molar-refractivity contribution is 0.193. The number of rotatable bonds is 2. The highest BCUT2D eigenvalue weighted by atomic mass is 19.1. The summed E-state index contributed by atoms with van der Waals surface area (Å²) in [5, 5.41) is 9.78. The topological polar surface area (TPSA) is 26.7 Å². The number of aliphatic hydroxyl groups excluding tert-OH is 1. The Morgan fingerprint density at radius 3 is 2.72 bits per heavy atom. The number of benzene rings is 1. The van der Waals surface area contributed by atoms with Crippen molar-refractivity contribution in [2.24, 2.45) is 0 Å². The van der Waals surface area contributed by atoms with Crippen LogP contribution in [0.2, 0.25) is 0 Å². The largest absolute Gasteiger partial charge is 0.389 e. The summed E-state index contributed by atoms with van der Waals surface area (Å²) in [4.78, 5) is 4.45. The van der Waals surface area contributed by atoms with Crippen molar-refractivity contribution in [3.8, 4) is 0 Å². The van der Waals surface area contributed by atoms with Crippen molar-refractivity contribution >= 4 is 5.69 Å². The molecule has 0 saturated carbocycles. The van der Waals surface area contributed by atoms with Crippen LogP contribution in [0.1, 0.15) is 25.5 Å². The van der Waals surface area contributed by atoms with E-state index in [1.165, 1.54) is 6.07 Å². The lowest BCUT2D eigenvalue weighted by atomic mass is 10.0. The minimum absolute atomic E-state index is 0.322. The normalized spacial score (nSPS) is 23.2. The molecule has 1 aliphatic heterocycles. The molecule has 0 spiro atoms. The summed E-state index contributed by atoms with van der Waals surface area (Å²) in [5.74, 6) is -0.325. The zero-order valence-corrected chi connectivity index (χ0v) is 11.2. The number of hydrogen-bond donors (Lipinski definition) is 1. The van der Waals surface area contributed by atoms with Gasteiger partial charge in [-0.1, -0.05) is 6.07 Å². The Labute approximate surface area is 108 Å². The monoisotopic (exact) mass is 252 g/mol. The molecule has 1 N–H and O–H groups in total. The lowest BCUT2D eigenvalue weighted by Crippen LogP contribution is -2.50. The number of likely N-dealkylation sites (N-methyl/N-ethyl adjacent to an activating group) is 1. The van der Waals surface area contributed by atoms with Crippen molar-refractivity contribution < 1.29 is 9.50 Å². The third-order valence-corrected chi connectivity index (χ3v) is 3.59. The highest BCUT2D eigenvalue weighted by molar-refractivity contribution is 5.56. The van der Waals surface area contributed by atoms with Gasteiger partial charge in [-0.2, -0.15) is 0 Å². The molecule has 2 atom stereocenters. The van der Waals surface area contributed by atoms with Gasteiger partial charge in [-0.05, 0) is 33.0 Å². The summed E-state index contributed by atoms with van der Waals surface area (Å²) in [7, 11) is 2.09. The van der Waals surface area contributed by atoms with Gasteiger partial charge in [-0.3, -0.25) is 0 Å². The summed E-state index contributed by atoms with van der Waals surface area (Å²) >= 11 is 0. The first-order valence-electron chi connectivity index (χ1n) is 6.42. The van der Waals surface area contributed by atoms with Crippen LogP contribution in [0.25, 0.3) is 0 Å². The number of anilines is 1. The van der Waals surface area contributed by atoms with Crippen LogP contribution >= 0.6 is 0 Å². The van der Waals surface area contributed by atoms with Gasteiger partial charge in [0.15, 0.2) is 0 Å². The number of piperazine rings is 1. The van der Waals surface area contributed by atoms with Crippen LogP contribution < -0.4 is 4.90 Å². The van der Waals surface area contributed by atoms with E-state index in [1.807, 2.05) is 6.07 Å². The van der Waals surface area contributed by atoms with E-state index in [4.69, 9.17) is 0 Å². The van der Waals surface area contributed by atoms with Crippen molar-refractivity contribution in [2.75, 3.05) is 31.6 Å². The molecular weight excluding hydrogens is 231 g/mol. The maximum Gasteiger partial charge on any atom is 0.131 e. The Bertz CT molecular complexity index is 422.